The molecule has 0 aliphatic carbocycles. The van der Waals surface area contributed by atoms with E-state index in [9.17, 15) is 30.4 Å². The SMILES string of the molecule is O=S(=O)(Nc1ccc(Br)c(C(F)(F)F)c1)c1c(F)cccc1F. The maximum atomic E-state index is 13.5. The van der Waals surface area contributed by atoms with Gasteiger partial charge in [0.05, 0.1) is 5.56 Å². The molecule has 0 saturated carbocycles. The fraction of sp³-hybridized carbons (Fsp3) is 0.0769. The zero-order valence-corrected chi connectivity index (χ0v) is 13.4. The lowest BCUT2D eigenvalue weighted by Gasteiger charge is -2.13. The molecule has 0 heterocycles. The van der Waals surface area contributed by atoms with Crippen LogP contribution in [0.5, 0.6) is 0 Å². The first kappa shape index (κ1) is 17.7. The molecule has 2 aromatic carbocycles. The van der Waals surface area contributed by atoms with E-state index >= 15 is 0 Å². The Bertz CT molecular complexity index is 832. The average Bonchev–Trinajstić information content (AvgIpc) is 2.39. The Balaban J connectivity index is 2.47. The third-order valence-electron chi connectivity index (χ3n) is 2.71. The van der Waals surface area contributed by atoms with Crippen LogP contribution >= 0.6 is 15.9 Å². The average molecular weight is 416 g/mol. The standard InChI is InChI=1S/C13H7BrF5NO2S/c14-9-5-4-7(6-8(9)13(17,18)19)20-23(21,22)12-10(15)2-1-3-11(12)16/h1-6,20H. The topological polar surface area (TPSA) is 46.2 Å². The van der Waals surface area contributed by atoms with Gasteiger partial charge in [0.25, 0.3) is 10.0 Å². The number of rotatable bonds is 3. The van der Waals surface area contributed by atoms with Gasteiger partial charge in [0, 0.05) is 10.2 Å². The number of anilines is 1. The van der Waals surface area contributed by atoms with Gasteiger partial charge in [0.15, 0.2) is 4.90 Å². The molecule has 0 aromatic heterocycles. The summed E-state index contributed by atoms with van der Waals surface area (Å²) in [7, 11) is -4.73. The molecule has 0 aliphatic rings. The van der Waals surface area contributed by atoms with Gasteiger partial charge in [-0.15, -0.1) is 0 Å². The molecule has 0 fully saturated rings. The van der Waals surface area contributed by atoms with Crippen LogP contribution < -0.4 is 4.72 Å². The molecule has 10 heteroatoms. The molecule has 0 saturated heterocycles. The minimum Gasteiger partial charge on any atom is -0.279 e. The van der Waals surface area contributed by atoms with E-state index in [1.165, 1.54) is 0 Å². The lowest BCUT2D eigenvalue weighted by molar-refractivity contribution is -0.138. The van der Waals surface area contributed by atoms with Crippen LogP contribution in [-0.2, 0) is 16.2 Å². The monoisotopic (exact) mass is 415 g/mol. The molecule has 0 atom stereocenters. The molecular formula is C13H7BrF5NO2S. The number of alkyl halides is 3. The Morgan fingerprint density at radius 1 is 1.00 bits per heavy atom. The summed E-state index contributed by atoms with van der Waals surface area (Å²) < 4.78 is 90.9. The predicted octanol–water partition coefficient (Wildman–Crippen LogP) is 4.55. The van der Waals surface area contributed by atoms with Gasteiger partial charge >= 0.3 is 6.18 Å². The summed E-state index contributed by atoms with van der Waals surface area (Å²) in [4.78, 5) is -1.27. The highest BCUT2D eigenvalue weighted by molar-refractivity contribution is 9.10. The van der Waals surface area contributed by atoms with E-state index in [0.717, 1.165) is 30.3 Å². The van der Waals surface area contributed by atoms with Crippen molar-refractivity contribution < 1.29 is 30.4 Å². The number of nitrogens with one attached hydrogen (secondary N) is 1. The molecule has 0 unspecified atom stereocenters. The molecule has 0 bridgehead atoms. The Hall–Kier alpha value is -1.68. The highest BCUT2D eigenvalue weighted by Gasteiger charge is 2.33. The van der Waals surface area contributed by atoms with Crippen LogP contribution in [0.3, 0.4) is 0 Å². The predicted molar refractivity (Wildman–Crippen MR) is 76.3 cm³/mol. The normalized spacial score (nSPS) is 12.3. The molecule has 0 radical (unpaired) electrons. The van der Waals surface area contributed by atoms with E-state index in [2.05, 4.69) is 15.9 Å². The number of benzene rings is 2. The molecule has 0 amide bonds. The van der Waals surface area contributed by atoms with Gasteiger partial charge < -0.3 is 0 Å². The lowest BCUT2D eigenvalue weighted by atomic mass is 10.2. The Morgan fingerprint density at radius 2 is 1.57 bits per heavy atom. The van der Waals surface area contributed by atoms with Gasteiger partial charge in [-0.1, -0.05) is 22.0 Å². The van der Waals surface area contributed by atoms with Crippen molar-refractivity contribution in [2.45, 2.75) is 11.1 Å². The summed E-state index contributed by atoms with van der Waals surface area (Å²) in [5.41, 5.74) is -1.62. The van der Waals surface area contributed by atoms with Crippen molar-refractivity contribution >= 4 is 31.6 Å². The summed E-state index contributed by atoms with van der Waals surface area (Å²) in [6, 6.07) is 4.92. The molecule has 124 valence electrons. The van der Waals surface area contributed by atoms with E-state index in [4.69, 9.17) is 0 Å². The van der Waals surface area contributed by atoms with Crippen LogP contribution in [0.1, 0.15) is 5.56 Å². The van der Waals surface area contributed by atoms with E-state index in [0.29, 0.717) is 6.07 Å². The fourth-order valence-corrected chi connectivity index (χ4v) is 3.41. The third-order valence-corrected chi connectivity index (χ3v) is 4.84. The first-order chi connectivity index (χ1) is 10.5. The number of hydrogen-bond donors (Lipinski definition) is 1. The maximum absolute atomic E-state index is 13.5. The zero-order chi connectivity index (χ0) is 17.4. The van der Waals surface area contributed by atoms with Crippen molar-refractivity contribution in [3.63, 3.8) is 0 Å². The van der Waals surface area contributed by atoms with Crippen LogP contribution in [0, 0.1) is 11.6 Å². The van der Waals surface area contributed by atoms with Crippen molar-refractivity contribution in [3.05, 3.63) is 58.1 Å². The first-order valence-corrected chi connectivity index (χ1v) is 8.13. The Kier molecular flexibility index (Phi) is 4.67. The van der Waals surface area contributed by atoms with Gasteiger partial charge in [-0.3, -0.25) is 4.72 Å². The molecule has 2 aromatic rings. The second-order valence-electron chi connectivity index (χ2n) is 4.35. The molecule has 0 aliphatic heterocycles. The van der Waals surface area contributed by atoms with Crippen LogP contribution in [0.25, 0.3) is 0 Å². The van der Waals surface area contributed by atoms with E-state index in [1.807, 2.05) is 0 Å². The van der Waals surface area contributed by atoms with E-state index in [1.54, 1.807) is 4.72 Å². The van der Waals surface area contributed by atoms with Gasteiger partial charge in [-0.25, -0.2) is 17.2 Å². The van der Waals surface area contributed by atoms with Crippen molar-refractivity contribution in [2.24, 2.45) is 0 Å². The van der Waals surface area contributed by atoms with Crippen LogP contribution in [0.2, 0.25) is 0 Å². The van der Waals surface area contributed by atoms with E-state index < -0.39 is 44.0 Å². The largest absolute Gasteiger partial charge is 0.417 e. The second kappa shape index (κ2) is 6.08. The molecule has 3 nitrogen and oxygen atoms in total. The maximum Gasteiger partial charge on any atom is 0.417 e. The second-order valence-corrected chi connectivity index (χ2v) is 6.82. The number of hydrogen-bond acceptors (Lipinski definition) is 2. The molecular weight excluding hydrogens is 409 g/mol. The van der Waals surface area contributed by atoms with Gasteiger partial charge in [0.2, 0.25) is 0 Å². The quantitative estimate of drug-likeness (QED) is 0.747. The van der Waals surface area contributed by atoms with Crippen molar-refractivity contribution in [1.29, 1.82) is 0 Å². The zero-order valence-electron chi connectivity index (χ0n) is 11.0. The number of sulfonamides is 1. The highest BCUT2D eigenvalue weighted by Crippen LogP contribution is 2.36. The lowest BCUT2D eigenvalue weighted by Crippen LogP contribution is -2.17. The fourth-order valence-electron chi connectivity index (χ4n) is 1.75. The Labute approximate surface area is 136 Å². The molecule has 23 heavy (non-hydrogen) atoms. The summed E-state index contributed by atoms with van der Waals surface area (Å²) >= 11 is 2.70. The van der Waals surface area contributed by atoms with E-state index in [-0.39, 0.29) is 4.47 Å². The molecule has 0 spiro atoms. The summed E-state index contributed by atoms with van der Waals surface area (Å²) in [6.45, 7) is 0. The summed E-state index contributed by atoms with van der Waals surface area (Å²) in [5.74, 6) is -2.71. The van der Waals surface area contributed by atoms with Crippen LogP contribution in [0.4, 0.5) is 27.6 Å². The van der Waals surface area contributed by atoms with Crippen LogP contribution in [-0.4, -0.2) is 8.42 Å². The van der Waals surface area contributed by atoms with Crippen molar-refractivity contribution in [2.75, 3.05) is 4.72 Å². The van der Waals surface area contributed by atoms with Crippen LogP contribution in [0.15, 0.2) is 45.8 Å². The minimum atomic E-state index is -4.73. The highest BCUT2D eigenvalue weighted by atomic mass is 79.9. The van der Waals surface area contributed by atoms with Crippen molar-refractivity contribution in [1.82, 2.24) is 0 Å². The molecule has 1 N–H and O–H groups in total. The van der Waals surface area contributed by atoms with Crippen molar-refractivity contribution in [3.8, 4) is 0 Å². The molecule has 2 rings (SSSR count). The minimum absolute atomic E-state index is 0.301. The van der Waals surface area contributed by atoms with Gasteiger partial charge in [-0.05, 0) is 30.3 Å². The summed E-state index contributed by atoms with van der Waals surface area (Å²) in [5, 5.41) is 0. The number of halogens is 6. The first-order valence-electron chi connectivity index (χ1n) is 5.86. The third kappa shape index (κ3) is 3.81. The van der Waals surface area contributed by atoms with Gasteiger partial charge in [-0.2, -0.15) is 13.2 Å². The summed E-state index contributed by atoms with van der Waals surface area (Å²) in [6.07, 6.45) is -4.73. The smallest absolute Gasteiger partial charge is 0.279 e. The van der Waals surface area contributed by atoms with Gasteiger partial charge in [0.1, 0.15) is 11.6 Å². The Morgan fingerprint density at radius 3 is 2.09 bits per heavy atom.